The first kappa shape index (κ1) is 90.9. The Bertz CT molecular complexity index is 4840. The summed E-state index contributed by atoms with van der Waals surface area (Å²) in [4.78, 5) is 166. The molecule has 0 aliphatic carbocycles. The number of carbonyl (C=O) groups excluding carboxylic acids is 11. The van der Waals surface area contributed by atoms with Crippen molar-refractivity contribution in [1.29, 1.82) is 16.2 Å². The molecule has 0 spiro atoms. The summed E-state index contributed by atoms with van der Waals surface area (Å²) in [5, 5.41) is 23.2. The van der Waals surface area contributed by atoms with E-state index in [2.05, 4.69) is 11.0 Å². The molecule has 2 unspecified atom stereocenters. The van der Waals surface area contributed by atoms with Gasteiger partial charge in [0.15, 0.2) is 52.6 Å². The number of hydrogen-bond acceptors (Lipinski definition) is 18. The van der Waals surface area contributed by atoms with Crippen molar-refractivity contribution < 1.29 is 57.5 Å². The smallest absolute Gasteiger partial charge is 0.241 e. The zero-order valence-electron chi connectivity index (χ0n) is 73.1. The van der Waals surface area contributed by atoms with E-state index in [4.69, 9.17) is 38.2 Å². The lowest BCUT2D eigenvalue weighted by Crippen LogP contribution is -2.52. The number of methoxy groups -OCH3 is 1. The van der Waals surface area contributed by atoms with Crippen LogP contribution in [0.25, 0.3) is 0 Å². The summed E-state index contributed by atoms with van der Waals surface area (Å²) in [6, 6.07) is 36.7. The quantitative estimate of drug-likeness (QED) is 0.0225. The van der Waals surface area contributed by atoms with E-state index in [-0.39, 0.29) is 125 Å². The average molecular weight is 1710 g/mol. The van der Waals surface area contributed by atoms with E-state index in [0.29, 0.717) is 140 Å². The number of anilines is 3. The van der Waals surface area contributed by atoms with Crippen LogP contribution in [0.4, 0.5) is 17.1 Å². The molecule has 0 radical (unpaired) electrons. The maximum absolute atomic E-state index is 14.1. The van der Waals surface area contributed by atoms with E-state index in [1.807, 2.05) is 104 Å². The first-order chi connectivity index (χ1) is 60.0. The average Bonchev–Trinajstić information content (AvgIpc) is 0.766. The number of hydrogen-bond donors (Lipinski definition) is 6. The predicted molar refractivity (Wildman–Crippen MR) is 479 cm³/mol. The van der Waals surface area contributed by atoms with E-state index in [9.17, 15) is 52.7 Å². The summed E-state index contributed by atoms with van der Waals surface area (Å²) in [5.74, 6) is -0.268. The van der Waals surface area contributed by atoms with Gasteiger partial charge in [0.2, 0.25) is 29.5 Å². The van der Waals surface area contributed by atoms with Gasteiger partial charge in [-0.05, 0) is 186 Å². The molecule has 15 rings (SSSR count). The van der Waals surface area contributed by atoms with Gasteiger partial charge < -0.3 is 66.0 Å². The van der Waals surface area contributed by atoms with Gasteiger partial charge in [-0.2, -0.15) is 0 Å². The number of piperidine rings is 4. The van der Waals surface area contributed by atoms with Gasteiger partial charge in [0.1, 0.15) is 18.1 Å². The van der Waals surface area contributed by atoms with Crippen LogP contribution in [0.2, 0.25) is 0 Å². The summed E-state index contributed by atoms with van der Waals surface area (Å²) in [6.45, 7) is 14.6. The zero-order valence-corrected chi connectivity index (χ0v) is 73.1. The van der Waals surface area contributed by atoms with Crippen molar-refractivity contribution in [3.63, 3.8) is 0 Å². The molecule has 6 saturated heterocycles. The molecular weight excluding hydrogens is 1580 g/mol. The highest BCUT2D eigenvalue weighted by Crippen LogP contribution is 2.43. The van der Waals surface area contributed by atoms with Gasteiger partial charge in [0.05, 0.1) is 25.1 Å². The molecule has 4 atom stereocenters. The zero-order chi connectivity index (χ0) is 89.0. The van der Waals surface area contributed by atoms with Crippen molar-refractivity contribution in [3.8, 4) is 0 Å². The second-order valence-electron chi connectivity index (χ2n) is 35.1. The number of likely N-dealkylation sites (tertiary alicyclic amines) is 3. The summed E-state index contributed by atoms with van der Waals surface area (Å²) in [6.07, 6.45) is 9.68. The van der Waals surface area contributed by atoms with Crippen LogP contribution in [-0.4, -0.2) is 260 Å². The number of nitrogens with one attached hydrogen (secondary N) is 3. The number of Topliss-reactive ketones (excluding diaryl/α,β-unsaturated/α-hetero) is 6. The molecule has 9 N–H and O–H groups in total. The first-order valence-corrected chi connectivity index (χ1v) is 44.2. The molecule has 662 valence electrons. The Hall–Kier alpha value is -11.8. The summed E-state index contributed by atoms with van der Waals surface area (Å²) < 4.78 is 5.58. The third-order valence-electron chi connectivity index (χ3n) is 26.7. The third-order valence-corrected chi connectivity index (χ3v) is 26.7. The van der Waals surface area contributed by atoms with E-state index in [0.717, 1.165) is 138 Å². The van der Waals surface area contributed by atoms with Crippen molar-refractivity contribution in [2.24, 2.45) is 35.0 Å². The fourth-order valence-electron chi connectivity index (χ4n) is 19.6. The number of amides is 5. The molecule has 0 aromatic heterocycles. The standard InChI is InChI=1S/2C32H40N6O4.C32H41N5O4/c2*1-21(39)24-8-6-22(7-9-24)18-28(40)31-26-4-3-5-27(37-17-16-35(2)20-30(37)42)25(26)12-15-38(31)29(41)19-23-10-13-36(14-11-23)32(33)34;1-21(38)23-10-8-22(9-11-23)19-29(39)30-27-6-3-7-28(35-16-12-25(41-2)13-17-35)26(27)14-18-37(30)31(40)24-5-4-15-36(20-24)32(33)34/h2*3-9,23,31H,10-20H2,1-2H3,(H3,33,34);3,6-11,24-25,30H,4-5,12-20H2,1-2H3,(H3,33,34)/t2*31-;/m10./s1. The lowest BCUT2D eigenvalue weighted by molar-refractivity contribution is -0.144. The largest absolute Gasteiger partial charge is 0.381 e. The van der Waals surface area contributed by atoms with E-state index in [1.54, 1.807) is 87.4 Å². The van der Waals surface area contributed by atoms with Crippen LogP contribution in [0.5, 0.6) is 0 Å². The van der Waals surface area contributed by atoms with Crippen molar-refractivity contribution in [1.82, 2.24) is 39.2 Å². The number of rotatable bonds is 21. The van der Waals surface area contributed by atoms with Crippen molar-refractivity contribution in [2.75, 3.05) is 147 Å². The predicted octanol–water partition coefficient (Wildman–Crippen LogP) is 8.15. The molecule has 0 bridgehead atoms. The molecular formula is C96H121N17O12. The molecule has 0 saturated carbocycles. The lowest BCUT2D eigenvalue weighted by Gasteiger charge is -2.42. The Morgan fingerprint density at radius 3 is 1.10 bits per heavy atom. The van der Waals surface area contributed by atoms with Crippen LogP contribution >= 0.6 is 0 Å². The number of nitrogens with zero attached hydrogens (tertiary/aromatic N) is 11. The maximum Gasteiger partial charge on any atom is 0.241 e. The highest BCUT2D eigenvalue weighted by molar-refractivity contribution is 6.01. The molecule has 9 heterocycles. The van der Waals surface area contributed by atoms with Crippen LogP contribution in [0.1, 0.15) is 184 Å². The number of ether oxygens (including phenoxy) is 1. The second-order valence-corrected chi connectivity index (χ2v) is 35.1. The molecule has 6 aromatic rings. The van der Waals surface area contributed by atoms with Crippen LogP contribution in [0.3, 0.4) is 0 Å². The molecule has 29 heteroatoms. The number of likely N-dealkylation sites (N-methyl/N-ethyl adjacent to an activating group) is 2. The summed E-state index contributed by atoms with van der Waals surface area (Å²) in [5.41, 5.74) is 29.6. The highest BCUT2D eigenvalue weighted by Gasteiger charge is 2.44. The van der Waals surface area contributed by atoms with E-state index < -0.39 is 18.1 Å². The molecule has 29 nitrogen and oxygen atoms in total. The highest BCUT2D eigenvalue weighted by atomic mass is 16.5. The number of piperazine rings is 2. The SMILES string of the molecule is CC(=O)c1ccc(CC(=O)[C@@H]2c3cccc(N4CCN(C)CC4=O)c3CCN2C(=O)CC2CCN(C(=N)N)CC2)cc1.CC(=O)c1ccc(CC(=O)[C@H]2c3cccc(N4CCN(C)CC4=O)c3CCN2C(=O)CC2CCN(C(=N)N)CC2)cc1.COC1CCN(c2cccc3c2CCN(C(=O)C2CCCN(C(=N)N)C2)C3C(=O)Cc2ccc(C(C)=O)cc2)CC1. The monoisotopic (exact) mass is 1700 g/mol. The molecule has 6 aromatic carbocycles. The van der Waals surface area contributed by atoms with Crippen molar-refractivity contribution >= 4 is 99.2 Å². The number of guanidine groups is 3. The Labute approximate surface area is 732 Å². The molecule has 9 aliphatic heterocycles. The Balaban J connectivity index is 0.000000161. The van der Waals surface area contributed by atoms with Gasteiger partial charge in [-0.3, -0.25) is 78.8 Å². The minimum absolute atomic E-state index is 0.0185. The third kappa shape index (κ3) is 21.6. The lowest BCUT2D eigenvalue weighted by atomic mass is 9.85. The fourth-order valence-corrected chi connectivity index (χ4v) is 19.6. The summed E-state index contributed by atoms with van der Waals surface area (Å²) in [7, 11) is 5.63. The van der Waals surface area contributed by atoms with Crippen LogP contribution in [-0.2, 0) is 81.6 Å². The van der Waals surface area contributed by atoms with Crippen LogP contribution in [0.15, 0.2) is 127 Å². The first-order valence-electron chi connectivity index (χ1n) is 44.2. The Morgan fingerprint density at radius 2 is 0.752 bits per heavy atom. The second kappa shape index (κ2) is 40.9. The number of ketones is 6. The van der Waals surface area contributed by atoms with Gasteiger partial charge in [0.25, 0.3) is 0 Å². The van der Waals surface area contributed by atoms with Gasteiger partial charge in [-0.15, -0.1) is 0 Å². The van der Waals surface area contributed by atoms with Gasteiger partial charge in [0, 0.05) is 171 Å². The van der Waals surface area contributed by atoms with Crippen molar-refractivity contribution in [3.05, 3.63) is 194 Å². The number of carbonyl (C=O) groups is 11. The minimum atomic E-state index is -0.756. The number of benzene rings is 6. The molecule has 9 aliphatic rings. The number of fused-ring (bicyclic) bond motifs is 3. The van der Waals surface area contributed by atoms with E-state index >= 15 is 0 Å². The maximum atomic E-state index is 14.1. The van der Waals surface area contributed by atoms with Crippen LogP contribution in [0, 0.1) is 34.0 Å². The molecule has 6 fully saturated rings. The number of nitrogens with two attached hydrogens (primary N) is 3. The van der Waals surface area contributed by atoms with Gasteiger partial charge in [-0.1, -0.05) is 109 Å². The van der Waals surface area contributed by atoms with E-state index in [1.165, 1.54) is 20.8 Å². The minimum Gasteiger partial charge on any atom is -0.381 e. The van der Waals surface area contributed by atoms with Gasteiger partial charge in [-0.25, -0.2) is 0 Å². The summed E-state index contributed by atoms with van der Waals surface area (Å²) >= 11 is 0. The Kier molecular flexibility index (Phi) is 29.7. The Morgan fingerprint density at radius 1 is 0.400 bits per heavy atom. The molecule has 5 amide bonds. The van der Waals surface area contributed by atoms with Crippen molar-refractivity contribution in [2.45, 2.75) is 148 Å². The fraction of sp³-hybridized carbons (Fsp3) is 0.479. The van der Waals surface area contributed by atoms with Crippen LogP contribution < -0.4 is 31.9 Å². The normalized spacial score (nSPS) is 20.4. The molecule has 125 heavy (non-hydrogen) atoms. The topological polar surface area (TPSA) is 382 Å². The van der Waals surface area contributed by atoms with Gasteiger partial charge >= 0.3 is 0 Å².